The second kappa shape index (κ2) is 12.0. The highest BCUT2D eigenvalue weighted by Crippen LogP contribution is 2.21. The molecule has 1 N–H and O–H groups in total. The summed E-state index contributed by atoms with van der Waals surface area (Å²) in [5.41, 5.74) is 2.18. The summed E-state index contributed by atoms with van der Waals surface area (Å²) in [5.74, 6) is 0.139. The minimum atomic E-state index is -0.531. The van der Waals surface area contributed by atoms with Crippen LogP contribution < -0.4 is 5.32 Å². The Morgan fingerprint density at radius 3 is 2.55 bits per heavy atom. The van der Waals surface area contributed by atoms with Crippen molar-refractivity contribution in [2.45, 2.75) is 51.1 Å². The molecule has 29 heavy (non-hydrogen) atoms. The number of thioether (sulfide) groups is 1. The van der Waals surface area contributed by atoms with E-state index in [0.29, 0.717) is 18.8 Å². The van der Waals surface area contributed by atoms with Crippen molar-refractivity contribution in [1.29, 1.82) is 0 Å². The normalized spacial score (nSPS) is 11.7. The molecule has 2 aromatic rings. The number of carbonyl (C=O) groups is 2. The van der Waals surface area contributed by atoms with Gasteiger partial charge in [-0.2, -0.15) is 0 Å². The molecule has 0 radical (unpaired) electrons. The van der Waals surface area contributed by atoms with Crippen molar-refractivity contribution >= 4 is 39.5 Å². The van der Waals surface area contributed by atoms with Gasteiger partial charge < -0.3 is 10.2 Å². The van der Waals surface area contributed by atoms with Crippen molar-refractivity contribution in [2.24, 2.45) is 0 Å². The highest BCUT2D eigenvalue weighted by Gasteiger charge is 2.26. The summed E-state index contributed by atoms with van der Waals surface area (Å²) in [6.45, 7) is 6.96. The van der Waals surface area contributed by atoms with Gasteiger partial charge in [0.1, 0.15) is 6.04 Å². The molecule has 2 amide bonds. The number of nitrogens with one attached hydrogen (secondary N) is 1. The molecular formula is C23H29BrN2O2S. The molecule has 156 valence electrons. The van der Waals surface area contributed by atoms with E-state index in [4.69, 9.17) is 0 Å². The first-order valence-corrected chi connectivity index (χ1v) is 11.7. The number of unbranched alkanes of at least 4 members (excludes halogenated alkanes) is 1. The predicted molar refractivity (Wildman–Crippen MR) is 124 cm³/mol. The Balaban J connectivity index is 2.10. The lowest BCUT2D eigenvalue weighted by molar-refractivity contribution is -0.138. The summed E-state index contributed by atoms with van der Waals surface area (Å²) in [4.78, 5) is 28.4. The zero-order chi connectivity index (χ0) is 21.2. The standard InChI is InChI=1S/C23H29BrN2O2S/c1-4-5-13-25-23(28)18(3)26(15-19-7-6-8-20(24)14-19)22(27)16-29-21-11-9-17(2)10-12-21/h6-12,14,18H,4-5,13,15-16H2,1-3H3,(H,25,28). The molecule has 0 aromatic heterocycles. The SMILES string of the molecule is CCCCNC(=O)C(C)N(Cc1cccc(Br)c1)C(=O)CSc1ccc(C)cc1. The summed E-state index contributed by atoms with van der Waals surface area (Å²) < 4.78 is 0.955. The van der Waals surface area contributed by atoms with Crippen LogP contribution in [0.1, 0.15) is 37.8 Å². The van der Waals surface area contributed by atoms with Gasteiger partial charge in [0.05, 0.1) is 5.75 Å². The fraction of sp³-hybridized carbons (Fsp3) is 0.391. The Hall–Kier alpha value is -1.79. The number of benzene rings is 2. The van der Waals surface area contributed by atoms with E-state index < -0.39 is 6.04 Å². The predicted octanol–water partition coefficient (Wildman–Crippen LogP) is 5.18. The molecule has 0 fully saturated rings. The lowest BCUT2D eigenvalue weighted by atomic mass is 10.1. The van der Waals surface area contributed by atoms with Gasteiger partial charge in [-0.15, -0.1) is 11.8 Å². The second-order valence-corrected chi connectivity index (χ2v) is 9.04. The molecule has 2 aromatic carbocycles. The number of carbonyl (C=O) groups excluding carboxylic acids is 2. The molecule has 0 bridgehead atoms. The number of hydrogen-bond acceptors (Lipinski definition) is 3. The molecule has 0 heterocycles. The molecule has 0 aliphatic carbocycles. The van der Waals surface area contributed by atoms with Crippen molar-refractivity contribution in [3.05, 3.63) is 64.1 Å². The molecule has 1 atom stereocenters. The van der Waals surface area contributed by atoms with Gasteiger partial charge in [-0.25, -0.2) is 0 Å². The first-order valence-electron chi connectivity index (χ1n) is 9.91. The van der Waals surface area contributed by atoms with Crippen LogP contribution >= 0.6 is 27.7 Å². The van der Waals surface area contributed by atoms with Crippen molar-refractivity contribution in [1.82, 2.24) is 10.2 Å². The first kappa shape index (κ1) is 23.5. The zero-order valence-electron chi connectivity index (χ0n) is 17.3. The second-order valence-electron chi connectivity index (χ2n) is 7.07. The molecule has 0 saturated carbocycles. The summed E-state index contributed by atoms with van der Waals surface area (Å²) in [6, 6.07) is 15.4. The van der Waals surface area contributed by atoms with Gasteiger partial charge in [0.15, 0.2) is 0 Å². The van der Waals surface area contributed by atoms with Gasteiger partial charge in [0.25, 0.3) is 0 Å². The largest absolute Gasteiger partial charge is 0.354 e. The quantitative estimate of drug-likeness (QED) is 0.379. The number of halogens is 1. The highest BCUT2D eigenvalue weighted by atomic mass is 79.9. The number of rotatable bonds is 10. The monoisotopic (exact) mass is 476 g/mol. The third kappa shape index (κ3) is 7.86. The molecule has 4 nitrogen and oxygen atoms in total. The van der Waals surface area contributed by atoms with Crippen LogP contribution in [0.25, 0.3) is 0 Å². The number of nitrogens with zero attached hydrogens (tertiary/aromatic N) is 1. The van der Waals surface area contributed by atoms with Crippen LogP contribution in [0.2, 0.25) is 0 Å². The van der Waals surface area contributed by atoms with Crippen molar-refractivity contribution in [2.75, 3.05) is 12.3 Å². The van der Waals surface area contributed by atoms with Crippen LogP contribution in [-0.4, -0.2) is 35.1 Å². The topological polar surface area (TPSA) is 49.4 Å². The number of amides is 2. The molecule has 0 spiro atoms. The summed E-state index contributed by atoms with van der Waals surface area (Å²) in [6.07, 6.45) is 1.95. The maximum Gasteiger partial charge on any atom is 0.242 e. The van der Waals surface area contributed by atoms with Gasteiger partial charge >= 0.3 is 0 Å². The van der Waals surface area contributed by atoms with Crippen LogP contribution in [0, 0.1) is 6.92 Å². The van der Waals surface area contributed by atoms with Crippen LogP contribution in [-0.2, 0) is 16.1 Å². The zero-order valence-corrected chi connectivity index (χ0v) is 19.7. The number of aryl methyl sites for hydroxylation is 1. The molecule has 0 aliphatic rings. The smallest absolute Gasteiger partial charge is 0.242 e. The van der Waals surface area contributed by atoms with Crippen LogP contribution in [0.3, 0.4) is 0 Å². The Labute approximate surface area is 186 Å². The highest BCUT2D eigenvalue weighted by molar-refractivity contribution is 9.10. The van der Waals surface area contributed by atoms with Crippen molar-refractivity contribution in [3.8, 4) is 0 Å². The van der Waals surface area contributed by atoms with E-state index in [1.807, 2.05) is 55.5 Å². The molecule has 0 aliphatic heterocycles. The lowest BCUT2D eigenvalue weighted by Crippen LogP contribution is -2.48. The Morgan fingerprint density at radius 1 is 1.17 bits per heavy atom. The van der Waals surface area contributed by atoms with E-state index >= 15 is 0 Å². The molecule has 6 heteroatoms. The lowest BCUT2D eigenvalue weighted by Gasteiger charge is -2.29. The van der Waals surface area contributed by atoms with Gasteiger partial charge in [-0.1, -0.05) is 59.1 Å². The van der Waals surface area contributed by atoms with E-state index in [0.717, 1.165) is 27.8 Å². The third-order valence-corrected chi connectivity index (χ3v) is 6.11. The van der Waals surface area contributed by atoms with Crippen LogP contribution in [0.4, 0.5) is 0 Å². The Kier molecular flexibility index (Phi) is 9.74. The van der Waals surface area contributed by atoms with E-state index in [9.17, 15) is 9.59 Å². The van der Waals surface area contributed by atoms with Gasteiger partial charge in [-0.3, -0.25) is 9.59 Å². The number of hydrogen-bond donors (Lipinski definition) is 1. The summed E-state index contributed by atoms with van der Waals surface area (Å²) >= 11 is 4.98. The maximum absolute atomic E-state index is 13.1. The first-order chi connectivity index (χ1) is 13.9. The Bertz CT molecular complexity index is 811. The third-order valence-electron chi connectivity index (χ3n) is 4.62. The minimum absolute atomic E-state index is 0.0475. The van der Waals surface area contributed by atoms with Gasteiger partial charge in [-0.05, 0) is 50.1 Å². The average molecular weight is 477 g/mol. The Morgan fingerprint density at radius 2 is 1.90 bits per heavy atom. The van der Waals surface area contributed by atoms with Crippen molar-refractivity contribution < 1.29 is 9.59 Å². The van der Waals surface area contributed by atoms with E-state index in [1.54, 1.807) is 11.8 Å². The molecule has 0 saturated heterocycles. The molecule has 2 rings (SSSR count). The molecule has 1 unspecified atom stereocenters. The minimum Gasteiger partial charge on any atom is -0.354 e. The van der Waals surface area contributed by atoms with E-state index in [-0.39, 0.29) is 11.8 Å². The fourth-order valence-corrected chi connectivity index (χ4v) is 4.04. The van der Waals surface area contributed by atoms with Crippen LogP contribution in [0.15, 0.2) is 57.9 Å². The average Bonchev–Trinajstić information content (AvgIpc) is 2.71. The van der Waals surface area contributed by atoms with Crippen molar-refractivity contribution in [3.63, 3.8) is 0 Å². The summed E-state index contributed by atoms with van der Waals surface area (Å²) in [7, 11) is 0. The van der Waals surface area contributed by atoms with E-state index in [1.165, 1.54) is 17.3 Å². The van der Waals surface area contributed by atoms with Gasteiger partial charge in [0, 0.05) is 22.5 Å². The van der Waals surface area contributed by atoms with E-state index in [2.05, 4.69) is 28.2 Å². The van der Waals surface area contributed by atoms with Crippen LogP contribution in [0.5, 0.6) is 0 Å². The summed E-state index contributed by atoms with van der Waals surface area (Å²) in [5, 5.41) is 2.95. The van der Waals surface area contributed by atoms with Gasteiger partial charge in [0.2, 0.25) is 11.8 Å². The molecular weight excluding hydrogens is 448 g/mol. The fourth-order valence-electron chi connectivity index (χ4n) is 2.81. The maximum atomic E-state index is 13.1.